The zero-order chi connectivity index (χ0) is 13.2. The Labute approximate surface area is 96.1 Å². The summed E-state index contributed by atoms with van der Waals surface area (Å²) in [7, 11) is 0. The van der Waals surface area contributed by atoms with Gasteiger partial charge >= 0.3 is 5.97 Å². The van der Waals surface area contributed by atoms with Gasteiger partial charge in [0.2, 0.25) is 0 Å². The number of non-ortho nitro benzene ring substituents is 1. The lowest BCUT2D eigenvalue weighted by molar-refractivity contribution is -0.385. The monoisotopic (exact) mass is 241 g/mol. The van der Waals surface area contributed by atoms with Gasteiger partial charge in [0, 0.05) is 24.1 Å². The second-order valence-corrected chi connectivity index (χ2v) is 3.83. The van der Waals surface area contributed by atoms with Gasteiger partial charge in [-0.15, -0.1) is 0 Å². The molecule has 0 spiro atoms. The van der Waals surface area contributed by atoms with Crippen LogP contribution >= 0.6 is 0 Å². The lowest BCUT2D eigenvalue weighted by Gasteiger charge is -2.18. The number of phenolic OH excluding ortho intramolecular Hbond substituents is 1. The zero-order valence-corrected chi connectivity index (χ0v) is 8.95. The zero-order valence-electron chi connectivity index (χ0n) is 8.95. The molecule has 0 saturated heterocycles. The molecule has 7 heteroatoms. The number of aromatic hydroxyl groups is 1. The van der Waals surface area contributed by atoms with Crippen molar-refractivity contribution in [2.75, 3.05) is 0 Å². The fourth-order valence-corrected chi connectivity index (χ4v) is 1.27. The van der Waals surface area contributed by atoms with E-state index in [0.29, 0.717) is 0 Å². The maximum absolute atomic E-state index is 10.7. The molecule has 7 nitrogen and oxygen atoms in total. The molecule has 0 aliphatic carbocycles. The number of nitro benzene ring substituents is 1. The molecular weight excluding hydrogens is 230 g/mol. The van der Waals surface area contributed by atoms with Crippen molar-refractivity contribution in [2.45, 2.75) is 18.9 Å². The van der Waals surface area contributed by atoms with Crippen LogP contribution < -0.4 is 0 Å². The summed E-state index contributed by atoms with van der Waals surface area (Å²) in [6.07, 6.45) is -0.421. The number of rotatable bonds is 4. The van der Waals surface area contributed by atoms with Crippen molar-refractivity contribution in [3.8, 4) is 5.75 Å². The Morgan fingerprint density at radius 1 is 1.53 bits per heavy atom. The molecule has 1 unspecified atom stereocenters. The smallest absolute Gasteiger partial charge is 0.335 e. The van der Waals surface area contributed by atoms with Crippen LogP contribution in [0.4, 0.5) is 5.69 Å². The van der Waals surface area contributed by atoms with E-state index in [-0.39, 0.29) is 17.0 Å². The number of nitrogens with zero attached hydrogens (tertiary/aromatic N) is 1. The first-order valence-electron chi connectivity index (χ1n) is 4.66. The van der Waals surface area contributed by atoms with Crippen molar-refractivity contribution in [3.05, 3.63) is 33.9 Å². The topological polar surface area (TPSA) is 121 Å². The number of phenols is 1. The Morgan fingerprint density at radius 3 is 2.59 bits per heavy atom. The quantitative estimate of drug-likeness (QED) is 0.526. The predicted octanol–water partition coefficient (Wildman–Crippen LogP) is 0.678. The highest BCUT2D eigenvalue weighted by Crippen LogP contribution is 2.26. The van der Waals surface area contributed by atoms with Crippen LogP contribution in [0.25, 0.3) is 0 Å². The molecule has 0 amide bonds. The van der Waals surface area contributed by atoms with Crippen LogP contribution in [-0.2, 0) is 11.2 Å². The summed E-state index contributed by atoms with van der Waals surface area (Å²) < 4.78 is 0. The normalized spacial score (nSPS) is 14.0. The van der Waals surface area contributed by atoms with E-state index in [1.165, 1.54) is 0 Å². The maximum atomic E-state index is 10.7. The highest BCUT2D eigenvalue weighted by molar-refractivity contribution is 5.77. The molecular formula is C10H11NO6. The van der Waals surface area contributed by atoms with Gasteiger partial charge in [0.05, 0.1) is 4.92 Å². The molecule has 0 aliphatic rings. The molecule has 0 fully saturated rings. The van der Waals surface area contributed by atoms with E-state index in [4.69, 9.17) is 5.11 Å². The van der Waals surface area contributed by atoms with Crippen LogP contribution in [0.15, 0.2) is 18.2 Å². The van der Waals surface area contributed by atoms with Gasteiger partial charge in [-0.3, -0.25) is 10.1 Å². The van der Waals surface area contributed by atoms with Crippen molar-refractivity contribution in [1.82, 2.24) is 0 Å². The molecule has 1 atom stereocenters. The minimum atomic E-state index is -2.09. The van der Waals surface area contributed by atoms with Gasteiger partial charge in [-0.25, -0.2) is 4.79 Å². The Balaban J connectivity index is 3.10. The number of aliphatic carboxylic acids is 1. The SMILES string of the molecule is CC(O)(Cc1cc([N+](=O)[O-])ccc1O)C(=O)O. The summed E-state index contributed by atoms with van der Waals surface area (Å²) in [6, 6.07) is 3.21. The molecule has 0 aromatic heterocycles. The van der Waals surface area contributed by atoms with Crippen LogP contribution in [0.3, 0.4) is 0 Å². The fraction of sp³-hybridized carbons (Fsp3) is 0.300. The van der Waals surface area contributed by atoms with Crippen molar-refractivity contribution >= 4 is 11.7 Å². The number of hydrogen-bond acceptors (Lipinski definition) is 5. The number of nitro groups is 1. The van der Waals surface area contributed by atoms with Crippen molar-refractivity contribution < 1.29 is 25.0 Å². The molecule has 0 bridgehead atoms. The first-order chi connectivity index (χ1) is 7.74. The van der Waals surface area contributed by atoms with Crippen LogP contribution in [0.2, 0.25) is 0 Å². The number of carboxylic acid groups (broad SMARTS) is 1. The van der Waals surface area contributed by atoms with Gasteiger partial charge in [-0.1, -0.05) is 0 Å². The Hall–Kier alpha value is -2.15. The molecule has 0 heterocycles. The van der Waals surface area contributed by atoms with Crippen molar-refractivity contribution in [1.29, 1.82) is 0 Å². The molecule has 1 aromatic rings. The van der Waals surface area contributed by atoms with E-state index in [1.54, 1.807) is 0 Å². The Kier molecular flexibility index (Phi) is 3.33. The summed E-state index contributed by atoms with van der Waals surface area (Å²) in [6.45, 7) is 1.05. The second-order valence-electron chi connectivity index (χ2n) is 3.83. The fourth-order valence-electron chi connectivity index (χ4n) is 1.27. The number of aliphatic hydroxyl groups is 1. The van der Waals surface area contributed by atoms with Crippen LogP contribution in [-0.4, -0.2) is 31.8 Å². The minimum absolute atomic E-state index is 0.00611. The van der Waals surface area contributed by atoms with Crippen LogP contribution in [0.1, 0.15) is 12.5 Å². The lowest BCUT2D eigenvalue weighted by Crippen LogP contribution is -2.37. The van der Waals surface area contributed by atoms with Crippen LogP contribution in [0.5, 0.6) is 5.75 Å². The molecule has 0 aliphatic heterocycles. The lowest BCUT2D eigenvalue weighted by atomic mass is 9.96. The number of benzene rings is 1. The standard InChI is InChI=1S/C10H11NO6/c1-10(15,9(13)14)5-6-4-7(11(16)17)2-3-8(6)12/h2-4,12,15H,5H2,1H3,(H,13,14). The average molecular weight is 241 g/mol. The molecule has 0 radical (unpaired) electrons. The summed E-state index contributed by atoms with van der Waals surface area (Å²) in [5.74, 6) is -1.76. The summed E-state index contributed by atoms with van der Waals surface area (Å²) in [5, 5.41) is 38.2. The number of hydrogen-bond donors (Lipinski definition) is 3. The van der Waals surface area contributed by atoms with E-state index >= 15 is 0 Å². The molecule has 1 rings (SSSR count). The van der Waals surface area contributed by atoms with Crippen molar-refractivity contribution in [3.63, 3.8) is 0 Å². The first kappa shape index (κ1) is 12.9. The highest BCUT2D eigenvalue weighted by Gasteiger charge is 2.31. The first-order valence-corrected chi connectivity index (χ1v) is 4.66. The third kappa shape index (κ3) is 2.91. The second kappa shape index (κ2) is 4.38. The van der Waals surface area contributed by atoms with Gasteiger partial charge in [0.1, 0.15) is 5.75 Å². The molecule has 3 N–H and O–H groups in total. The van der Waals surface area contributed by atoms with E-state index in [0.717, 1.165) is 25.1 Å². The molecule has 92 valence electrons. The van der Waals surface area contributed by atoms with E-state index in [9.17, 15) is 25.1 Å². The molecule has 17 heavy (non-hydrogen) atoms. The van der Waals surface area contributed by atoms with Gasteiger partial charge in [-0.2, -0.15) is 0 Å². The van der Waals surface area contributed by atoms with Gasteiger partial charge in [0.15, 0.2) is 5.60 Å². The van der Waals surface area contributed by atoms with E-state index in [2.05, 4.69) is 0 Å². The number of carboxylic acids is 1. The third-order valence-electron chi connectivity index (χ3n) is 2.27. The highest BCUT2D eigenvalue weighted by atomic mass is 16.6. The summed E-state index contributed by atoms with van der Waals surface area (Å²) >= 11 is 0. The van der Waals surface area contributed by atoms with Gasteiger partial charge < -0.3 is 15.3 Å². The maximum Gasteiger partial charge on any atom is 0.335 e. The van der Waals surface area contributed by atoms with Crippen molar-refractivity contribution in [2.24, 2.45) is 0 Å². The largest absolute Gasteiger partial charge is 0.508 e. The Morgan fingerprint density at radius 2 is 2.12 bits per heavy atom. The van der Waals surface area contributed by atoms with E-state index < -0.39 is 22.9 Å². The summed E-state index contributed by atoms with van der Waals surface area (Å²) in [5.41, 5.74) is -2.36. The molecule has 0 saturated carbocycles. The van der Waals surface area contributed by atoms with Gasteiger partial charge in [0.25, 0.3) is 5.69 Å². The average Bonchev–Trinajstić information content (AvgIpc) is 2.20. The predicted molar refractivity (Wildman–Crippen MR) is 56.7 cm³/mol. The third-order valence-corrected chi connectivity index (χ3v) is 2.27. The van der Waals surface area contributed by atoms with E-state index in [1.807, 2.05) is 0 Å². The van der Waals surface area contributed by atoms with Gasteiger partial charge in [-0.05, 0) is 13.0 Å². The summed E-state index contributed by atoms with van der Waals surface area (Å²) in [4.78, 5) is 20.5. The van der Waals surface area contributed by atoms with Crippen LogP contribution in [0, 0.1) is 10.1 Å². The minimum Gasteiger partial charge on any atom is -0.508 e. The number of carbonyl (C=O) groups is 1. The Bertz CT molecular complexity index is 468. The molecule has 1 aromatic carbocycles.